The summed E-state index contributed by atoms with van der Waals surface area (Å²) in [5, 5.41) is 0.638. The Balaban J connectivity index is 3.95. The Bertz CT molecular complexity index is 320. The fourth-order valence-corrected chi connectivity index (χ4v) is 2.53. The first-order valence-electron chi connectivity index (χ1n) is 7.57. The van der Waals surface area contributed by atoms with Crippen molar-refractivity contribution in [2.24, 2.45) is 5.73 Å². The number of nitrogens with two attached hydrogens (primary N) is 1. The third-order valence-corrected chi connectivity index (χ3v) is 4.95. The van der Waals surface area contributed by atoms with E-state index in [0.717, 1.165) is 25.3 Å². The Labute approximate surface area is 143 Å². The highest BCUT2D eigenvalue weighted by Gasteiger charge is 2.45. The van der Waals surface area contributed by atoms with E-state index in [4.69, 9.17) is 40.5 Å². The molecule has 124 valence electrons. The van der Waals surface area contributed by atoms with Gasteiger partial charge in [-0.15, -0.1) is 0 Å². The molecule has 0 aliphatic rings. The number of nitrogens with one attached hydrogen (secondary N) is 1. The standard InChI is InChI=1S/C15H27Cl3N2O/c1-3-5-6-7-8-9-10-11-12-14(16,17)15(18,19)20-13(21)4-2/h4H,2-3,5-12,19H2,1H3,(H,20,21). The van der Waals surface area contributed by atoms with E-state index in [9.17, 15) is 4.79 Å². The van der Waals surface area contributed by atoms with Crippen molar-refractivity contribution >= 4 is 40.7 Å². The summed E-state index contributed by atoms with van der Waals surface area (Å²) in [5.74, 6) is -0.505. The molecule has 1 atom stereocenters. The number of amides is 1. The molecule has 0 heterocycles. The van der Waals surface area contributed by atoms with Gasteiger partial charge in [0.15, 0.2) is 9.46 Å². The van der Waals surface area contributed by atoms with Gasteiger partial charge in [-0.25, -0.2) is 0 Å². The van der Waals surface area contributed by atoms with Crippen LogP contribution in [0.2, 0.25) is 0 Å². The Morgan fingerprint density at radius 2 is 1.57 bits per heavy atom. The Kier molecular flexibility index (Phi) is 10.7. The number of rotatable bonds is 12. The summed E-state index contributed by atoms with van der Waals surface area (Å²) in [6, 6.07) is 0. The third kappa shape index (κ3) is 8.92. The van der Waals surface area contributed by atoms with E-state index in [0.29, 0.717) is 6.42 Å². The summed E-state index contributed by atoms with van der Waals surface area (Å²) >= 11 is 18.4. The number of hydrogen-bond acceptors (Lipinski definition) is 2. The maximum atomic E-state index is 11.3. The highest BCUT2D eigenvalue weighted by Crippen LogP contribution is 2.38. The second kappa shape index (κ2) is 10.7. The summed E-state index contributed by atoms with van der Waals surface area (Å²) in [5.41, 5.74) is 5.79. The number of carbonyl (C=O) groups excluding carboxylic acids is 1. The van der Waals surface area contributed by atoms with Crippen molar-refractivity contribution < 1.29 is 4.79 Å². The minimum Gasteiger partial charge on any atom is -0.319 e. The third-order valence-electron chi connectivity index (χ3n) is 3.37. The molecule has 0 aromatic heterocycles. The van der Waals surface area contributed by atoms with Gasteiger partial charge in [-0.1, -0.05) is 99.7 Å². The fourth-order valence-electron chi connectivity index (χ4n) is 1.98. The second-order valence-corrected chi connectivity index (χ2v) is 7.41. The molecule has 0 fully saturated rings. The minimum atomic E-state index is -1.71. The van der Waals surface area contributed by atoms with E-state index < -0.39 is 15.4 Å². The summed E-state index contributed by atoms with van der Waals surface area (Å²) in [6.45, 7) is 5.54. The molecule has 0 spiro atoms. The van der Waals surface area contributed by atoms with Gasteiger partial charge in [0.25, 0.3) is 0 Å². The van der Waals surface area contributed by atoms with E-state index in [2.05, 4.69) is 18.8 Å². The quantitative estimate of drug-likeness (QED) is 0.172. The maximum Gasteiger partial charge on any atom is 0.245 e. The van der Waals surface area contributed by atoms with Gasteiger partial charge in [-0.3, -0.25) is 10.5 Å². The summed E-state index contributed by atoms with van der Waals surface area (Å²) < 4.78 is -1.42. The first kappa shape index (κ1) is 21.0. The van der Waals surface area contributed by atoms with Crippen molar-refractivity contribution in [2.45, 2.75) is 74.2 Å². The van der Waals surface area contributed by atoms with Crippen LogP contribution in [0.4, 0.5) is 0 Å². The van der Waals surface area contributed by atoms with Gasteiger partial charge in [0.1, 0.15) is 0 Å². The zero-order chi connectivity index (χ0) is 16.4. The van der Waals surface area contributed by atoms with Crippen LogP contribution in [0.5, 0.6) is 0 Å². The molecule has 3 N–H and O–H groups in total. The van der Waals surface area contributed by atoms with Crippen molar-refractivity contribution in [3.05, 3.63) is 12.7 Å². The lowest BCUT2D eigenvalue weighted by Gasteiger charge is -2.34. The largest absolute Gasteiger partial charge is 0.319 e. The number of halogens is 3. The van der Waals surface area contributed by atoms with E-state index in [1.807, 2.05) is 0 Å². The Morgan fingerprint density at radius 3 is 2.05 bits per heavy atom. The van der Waals surface area contributed by atoms with Crippen molar-refractivity contribution in [1.29, 1.82) is 0 Å². The van der Waals surface area contributed by atoms with E-state index in [-0.39, 0.29) is 0 Å². The minimum absolute atomic E-state index is 0.419. The van der Waals surface area contributed by atoms with Crippen LogP contribution in [0.25, 0.3) is 0 Å². The molecule has 0 aromatic carbocycles. The molecule has 21 heavy (non-hydrogen) atoms. The second-order valence-electron chi connectivity index (χ2n) is 5.33. The van der Waals surface area contributed by atoms with Crippen LogP contribution < -0.4 is 11.1 Å². The number of carbonyl (C=O) groups is 1. The van der Waals surface area contributed by atoms with Crippen LogP contribution in [0.3, 0.4) is 0 Å². The van der Waals surface area contributed by atoms with Crippen molar-refractivity contribution in [1.82, 2.24) is 5.32 Å². The zero-order valence-corrected chi connectivity index (χ0v) is 15.0. The molecule has 1 amide bonds. The SMILES string of the molecule is C=CC(=O)NC(N)(Cl)C(Cl)(Cl)CCCCCCCCCC. The molecule has 0 saturated heterocycles. The molecule has 0 bridgehead atoms. The van der Waals surface area contributed by atoms with Crippen LogP contribution in [-0.4, -0.2) is 15.4 Å². The van der Waals surface area contributed by atoms with Crippen LogP contribution in [0.15, 0.2) is 12.7 Å². The summed E-state index contributed by atoms with van der Waals surface area (Å²) in [7, 11) is 0. The van der Waals surface area contributed by atoms with Gasteiger partial charge < -0.3 is 5.32 Å². The lowest BCUT2D eigenvalue weighted by atomic mass is 10.1. The number of hydrogen-bond donors (Lipinski definition) is 2. The molecule has 6 heteroatoms. The van der Waals surface area contributed by atoms with Crippen LogP contribution in [0.1, 0.15) is 64.7 Å². The lowest BCUT2D eigenvalue weighted by molar-refractivity contribution is -0.117. The van der Waals surface area contributed by atoms with Crippen molar-refractivity contribution in [3.8, 4) is 0 Å². The summed E-state index contributed by atoms with van der Waals surface area (Å²) in [4.78, 5) is 11.3. The monoisotopic (exact) mass is 356 g/mol. The fraction of sp³-hybridized carbons (Fsp3) is 0.800. The topological polar surface area (TPSA) is 55.1 Å². The molecule has 0 radical (unpaired) electrons. The molecule has 0 aromatic rings. The lowest BCUT2D eigenvalue weighted by Crippen LogP contribution is -2.61. The molecule has 1 unspecified atom stereocenters. The molecule has 0 aliphatic heterocycles. The first-order chi connectivity index (χ1) is 9.77. The normalized spacial score (nSPS) is 14.5. The number of alkyl halides is 3. The predicted molar refractivity (Wildman–Crippen MR) is 92.8 cm³/mol. The van der Waals surface area contributed by atoms with Gasteiger partial charge >= 0.3 is 0 Å². The zero-order valence-electron chi connectivity index (χ0n) is 12.8. The molecule has 3 nitrogen and oxygen atoms in total. The maximum absolute atomic E-state index is 11.3. The van der Waals surface area contributed by atoms with Crippen LogP contribution >= 0.6 is 34.8 Å². The molecular formula is C15H27Cl3N2O. The number of unbranched alkanes of at least 4 members (excludes halogenated alkanes) is 7. The predicted octanol–water partition coefficient (Wildman–Crippen LogP) is 4.84. The molecule has 0 rings (SSSR count). The average Bonchev–Trinajstić information content (AvgIpc) is 2.40. The summed E-state index contributed by atoms with van der Waals surface area (Å²) in [6.07, 6.45) is 10.8. The van der Waals surface area contributed by atoms with Gasteiger partial charge in [0.2, 0.25) is 5.91 Å². The van der Waals surface area contributed by atoms with Crippen molar-refractivity contribution in [2.75, 3.05) is 0 Å². The Hall–Kier alpha value is 0.0400. The molecular weight excluding hydrogens is 331 g/mol. The smallest absolute Gasteiger partial charge is 0.245 e. The van der Waals surface area contributed by atoms with E-state index in [1.54, 1.807) is 0 Å². The highest BCUT2D eigenvalue weighted by atomic mass is 35.5. The van der Waals surface area contributed by atoms with Gasteiger partial charge in [0.05, 0.1) is 0 Å². The van der Waals surface area contributed by atoms with Gasteiger partial charge in [0, 0.05) is 0 Å². The highest BCUT2D eigenvalue weighted by molar-refractivity contribution is 6.53. The van der Waals surface area contributed by atoms with E-state index in [1.165, 1.54) is 32.1 Å². The van der Waals surface area contributed by atoms with Gasteiger partial charge in [-0.2, -0.15) is 0 Å². The van der Waals surface area contributed by atoms with Crippen LogP contribution in [0, 0.1) is 0 Å². The van der Waals surface area contributed by atoms with E-state index >= 15 is 0 Å². The van der Waals surface area contributed by atoms with Gasteiger partial charge in [-0.05, 0) is 12.5 Å². The molecule has 0 saturated carbocycles. The first-order valence-corrected chi connectivity index (χ1v) is 8.70. The van der Waals surface area contributed by atoms with Crippen molar-refractivity contribution in [3.63, 3.8) is 0 Å². The van der Waals surface area contributed by atoms with Crippen LogP contribution in [-0.2, 0) is 4.79 Å². The average molecular weight is 358 g/mol. The molecule has 0 aliphatic carbocycles. The Morgan fingerprint density at radius 1 is 1.10 bits per heavy atom.